The van der Waals surface area contributed by atoms with E-state index < -0.39 is 0 Å². The molecule has 3 heterocycles. The second kappa shape index (κ2) is 4.71. The molecule has 0 saturated heterocycles. The van der Waals surface area contributed by atoms with E-state index in [0.29, 0.717) is 0 Å². The lowest BCUT2D eigenvalue weighted by Crippen LogP contribution is -2.10. The highest BCUT2D eigenvalue weighted by Gasteiger charge is 2.14. The van der Waals surface area contributed by atoms with Gasteiger partial charge in [-0.2, -0.15) is 0 Å². The first kappa shape index (κ1) is 12.1. The van der Waals surface area contributed by atoms with Crippen LogP contribution < -0.4 is 5.32 Å². The third-order valence-electron chi connectivity index (χ3n) is 3.63. The lowest BCUT2D eigenvalue weighted by Gasteiger charge is -2.05. The van der Waals surface area contributed by atoms with Crippen LogP contribution in [0.2, 0.25) is 0 Å². The molecule has 0 spiro atoms. The Kier molecular flexibility index (Phi) is 2.72. The van der Waals surface area contributed by atoms with Gasteiger partial charge in [0.2, 0.25) is 0 Å². The molecule has 1 aromatic carbocycles. The zero-order valence-corrected chi connectivity index (χ0v) is 11.7. The Labute approximate surface area is 121 Å². The molecule has 4 rings (SSSR count). The van der Waals surface area contributed by atoms with Crippen LogP contribution in [0.15, 0.2) is 55.0 Å². The minimum atomic E-state index is 0.743. The Morgan fingerprint density at radius 1 is 1.10 bits per heavy atom. The van der Waals surface area contributed by atoms with Crippen molar-refractivity contribution in [1.29, 1.82) is 0 Å². The van der Waals surface area contributed by atoms with Gasteiger partial charge >= 0.3 is 0 Å². The van der Waals surface area contributed by atoms with Gasteiger partial charge in [0.25, 0.3) is 0 Å². The van der Waals surface area contributed by atoms with Crippen LogP contribution in [-0.2, 0) is 6.54 Å². The molecule has 0 fully saturated rings. The summed E-state index contributed by atoms with van der Waals surface area (Å²) in [5.74, 6) is 0.921. The van der Waals surface area contributed by atoms with E-state index in [9.17, 15) is 0 Å². The second-order valence-corrected chi connectivity index (χ2v) is 4.94. The van der Waals surface area contributed by atoms with Crippen LogP contribution in [0.3, 0.4) is 0 Å². The molecule has 5 heteroatoms. The highest BCUT2D eigenvalue weighted by molar-refractivity contribution is 5.77. The predicted octanol–water partition coefficient (Wildman–Crippen LogP) is 2.39. The molecule has 0 amide bonds. The average Bonchev–Trinajstić information content (AvgIpc) is 3.09. The Balaban J connectivity index is 2.03. The van der Waals surface area contributed by atoms with Gasteiger partial charge in [0, 0.05) is 12.7 Å². The highest BCUT2D eigenvalue weighted by Crippen LogP contribution is 2.21. The van der Waals surface area contributed by atoms with Crippen LogP contribution in [0.1, 0.15) is 5.69 Å². The van der Waals surface area contributed by atoms with Gasteiger partial charge in [-0.05, 0) is 31.3 Å². The molecule has 0 aliphatic carbocycles. The standard InChI is InChI=1S/C16H15N5/c1-17-10-14-16(19-15-8-4-5-9-20(14)15)21-11-18-12-6-2-3-7-13(12)21/h2-9,11,17H,10H2,1H3. The van der Waals surface area contributed by atoms with Gasteiger partial charge in [0.1, 0.15) is 12.0 Å². The van der Waals surface area contributed by atoms with Crippen molar-refractivity contribution < 1.29 is 0 Å². The van der Waals surface area contributed by atoms with Crippen LogP contribution in [0, 0.1) is 0 Å². The van der Waals surface area contributed by atoms with Gasteiger partial charge in [0.15, 0.2) is 5.82 Å². The van der Waals surface area contributed by atoms with E-state index in [-0.39, 0.29) is 0 Å². The van der Waals surface area contributed by atoms with Crippen molar-refractivity contribution in [1.82, 2.24) is 24.3 Å². The molecule has 0 radical (unpaired) electrons. The van der Waals surface area contributed by atoms with Crippen LogP contribution in [0.25, 0.3) is 22.5 Å². The molecule has 5 nitrogen and oxygen atoms in total. The fourth-order valence-electron chi connectivity index (χ4n) is 2.69. The Morgan fingerprint density at radius 2 is 1.95 bits per heavy atom. The number of fused-ring (bicyclic) bond motifs is 2. The van der Waals surface area contributed by atoms with E-state index in [0.717, 1.165) is 34.7 Å². The van der Waals surface area contributed by atoms with E-state index >= 15 is 0 Å². The summed E-state index contributed by atoms with van der Waals surface area (Å²) in [7, 11) is 1.94. The summed E-state index contributed by atoms with van der Waals surface area (Å²) in [6, 6.07) is 14.1. The molecule has 1 N–H and O–H groups in total. The molecule has 0 atom stereocenters. The number of nitrogens with zero attached hydrogens (tertiary/aromatic N) is 4. The van der Waals surface area contributed by atoms with Crippen molar-refractivity contribution in [3.63, 3.8) is 0 Å². The first-order valence-electron chi connectivity index (χ1n) is 6.91. The number of para-hydroxylation sites is 2. The van der Waals surface area contributed by atoms with Crippen molar-refractivity contribution in [3.05, 3.63) is 60.7 Å². The summed E-state index contributed by atoms with van der Waals surface area (Å²) in [4.78, 5) is 9.23. The maximum absolute atomic E-state index is 4.77. The number of pyridine rings is 1. The molecule has 0 aliphatic rings. The van der Waals surface area contributed by atoms with E-state index in [1.54, 1.807) is 0 Å². The molecule has 0 unspecified atom stereocenters. The van der Waals surface area contributed by atoms with Gasteiger partial charge in [-0.3, -0.25) is 4.57 Å². The number of benzene rings is 1. The number of aromatic nitrogens is 4. The molecule has 4 aromatic rings. The molecule has 0 aliphatic heterocycles. The van der Waals surface area contributed by atoms with Crippen molar-refractivity contribution in [2.24, 2.45) is 0 Å². The quantitative estimate of drug-likeness (QED) is 0.625. The van der Waals surface area contributed by atoms with Crippen molar-refractivity contribution in [3.8, 4) is 5.82 Å². The number of hydrogen-bond acceptors (Lipinski definition) is 3. The first-order chi connectivity index (χ1) is 10.4. The second-order valence-electron chi connectivity index (χ2n) is 4.94. The average molecular weight is 277 g/mol. The van der Waals surface area contributed by atoms with Gasteiger partial charge in [-0.25, -0.2) is 9.97 Å². The predicted molar refractivity (Wildman–Crippen MR) is 82.6 cm³/mol. The van der Waals surface area contributed by atoms with E-state index in [1.165, 1.54) is 0 Å². The maximum atomic E-state index is 4.77. The van der Waals surface area contributed by atoms with E-state index in [1.807, 2.05) is 56.0 Å². The Bertz CT molecular complexity index is 919. The third-order valence-corrected chi connectivity index (χ3v) is 3.63. The molecule has 0 saturated carbocycles. The first-order valence-corrected chi connectivity index (χ1v) is 6.91. The smallest absolute Gasteiger partial charge is 0.162 e. The van der Waals surface area contributed by atoms with Gasteiger partial charge in [0.05, 0.1) is 16.7 Å². The minimum Gasteiger partial charge on any atom is -0.314 e. The number of nitrogens with one attached hydrogen (secondary N) is 1. The van der Waals surface area contributed by atoms with E-state index in [4.69, 9.17) is 4.98 Å². The van der Waals surface area contributed by atoms with Crippen molar-refractivity contribution in [2.45, 2.75) is 6.54 Å². The molecule has 104 valence electrons. The van der Waals surface area contributed by atoms with Gasteiger partial charge in [-0.1, -0.05) is 18.2 Å². The fraction of sp³-hybridized carbons (Fsp3) is 0.125. The monoisotopic (exact) mass is 277 g/mol. The number of hydrogen-bond donors (Lipinski definition) is 1. The lowest BCUT2D eigenvalue weighted by molar-refractivity contribution is 0.773. The maximum Gasteiger partial charge on any atom is 0.162 e. The summed E-state index contributed by atoms with van der Waals surface area (Å²) in [5, 5.41) is 3.22. The summed E-state index contributed by atoms with van der Waals surface area (Å²) >= 11 is 0. The summed E-state index contributed by atoms with van der Waals surface area (Å²) in [5.41, 5.74) is 4.11. The molecule has 0 bridgehead atoms. The van der Waals surface area contributed by atoms with Crippen molar-refractivity contribution >= 4 is 16.7 Å². The zero-order chi connectivity index (χ0) is 14.2. The largest absolute Gasteiger partial charge is 0.314 e. The summed E-state index contributed by atoms with van der Waals surface area (Å²) in [6.45, 7) is 0.743. The summed E-state index contributed by atoms with van der Waals surface area (Å²) in [6.07, 6.45) is 3.88. The normalized spacial score (nSPS) is 11.5. The van der Waals surface area contributed by atoms with Crippen LogP contribution >= 0.6 is 0 Å². The van der Waals surface area contributed by atoms with Crippen LogP contribution in [0.5, 0.6) is 0 Å². The molecular formula is C16H15N5. The zero-order valence-electron chi connectivity index (χ0n) is 11.7. The Morgan fingerprint density at radius 3 is 2.86 bits per heavy atom. The molecular weight excluding hydrogens is 262 g/mol. The summed E-state index contributed by atoms with van der Waals surface area (Å²) < 4.78 is 4.16. The van der Waals surface area contributed by atoms with E-state index in [2.05, 4.69) is 25.3 Å². The number of imidazole rings is 2. The van der Waals surface area contributed by atoms with Gasteiger partial charge < -0.3 is 9.72 Å². The molecule has 3 aromatic heterocycles. The lowest BCUT2D eigenvalue weighted by atomic mass is 10.3. The topological polar surface area (TPSA) is 47.2 Å². The van der Waals surface area contributed by atoms with Crippen molar-refractivity contribution in [2.75, 3.05) is 7.05 Å². The third kappa shape index (κ3) is 1.82. The Hall–Kier alpha value is -2.66. The molecule has 21 heavy (non-hydrogen) atoms. The minimum absolute atomic E-state index is 0.743. The van der Waals surface area contributed by atoms with Crippen LogP contribution in [0.4, 0.5) is 0 Å². The number of rotatable bonds is 3. The highest BCUT2D eigenvalue weighted by atomic mass is 15.2. The van der Waals surface area contributed by atoms with Gasteiger partial charge in [-0.15, -0.1) is 0 Å². The fourth-order valence-corrected chi connectivity index (χ4v) is 2.69. The SMILES string of the molecule is CNCc1c(-n2cnc3ccccc32)nc2ccccn12. The van der Waals surface area contributed by atoms with Crippen LogP contribution in [-0.4, -0.2) is 26.0 Å².